The van der Waals surface area contributed by atoms with Gasteiger partial charge in [0.25, 0.3) is 10.0 Å². The average molecular weight is 230 g/mol. The number of aromatic amines is 1. The van der Waals surface area contributed by atoms with Gasteiger partial charge in [-0.15, -0.1) is 0 Å². The Morgan fingerprint density at radius 3 is 2.87 bits per heavy atom. The van der Waals surface area contributed by atoms with Gasteiger partial charge in [-0.2, -0.15) is 9.40 Å². The van der Waals surface area contributed by atoms with Crippen molar-refractivity contribution in [3.63, 3.8) is 0 Å². The predicted octanol–water partition coefficient (Wildman–Crippen LogP) is -1.47. The Morgan fingerprint density at radius 2 is 2.27 bits per heavy atom. The third-order valence-electron chi connectivity index (χ3n) is 2.10. The number of aromatic nitrogens is 2. The normalized spacial score (nSPS) is 18.8. The molecule has 0 saturated carbocycles. The number of rotatable bonds is 2. The molecule has 0 atom stereocenters. The van der Waals surface area contributed by atoms with E-state index in [-0.39, 0.29) is 24.0 Å². The van der Waals surface area contributed by atoms with Crippen molar-refractivity contribution in [1.82, 2.24) is 19.8 Å². The van der Waals surface area contributed by atoms with Crippen LogP contribution in [0.2, 0.25) is 0 Å². The molecule has 0 aliphatic carbocycles. The zero-order chi connectivity index (χ0) is 10.9. The summed E-state index contributed by atoms with van der Waals surface area (Å²) in [6.45, 7) is 0.487. The van der Waals surface area contributed by atoms with E-state index in [1.54, 1.807) is 0 Å². The lowest BCUT2D eigenvalue weighted by atomic mass is 10.4. The molecule has 0 spiro atoms. The number of piperazine rings is 1. The number of amides is 1. The van der Waals surface area contributed by atoms with E-state index >= 15 is 0 Å². The maximum atomic E-state index is 11.9. The summed E-state index contributed by atoms with van der Waals surface area (Å²) in [5, 5.41) is 8.52. The van der Waals surface area contributed by atoms with Crippen LogP contribution in [-0.4, -0.2) is 48.5 Å². The number of H-pyrrole nitrogens is 1. The number of nitrogens with one attached hydrogen (secondary N) is 2. The van der Waals surface area contributed by atoms with Crippen LogP contribution < -0.4 is 5.32 Å². The van der Waals surface area contributed by atoms with Crippen LogP contribution >= 0.6 is 0 Å². The van der Waals surface area contributed by atoms with Gasteiger partial charge in [0.15, 0.2) is 5.03 Å². The second-order valence-electron chi connectivity index (χ2n) is 3.11. The standard InChI is InChI=1S/C7H10N4O3S/c12-6-5-11(4-3-8-6)15(13,14)7-1-2-9-10-7/h1-2H,3-5H2,(H,8,12)(H,9,10). The predicted molar refractivity (Wildman–Crippen MR) is 50.4 cm³/mol. The van der Waals surface area contributed by atoms with Gasteiger partial charge >= 0.3 is 0 Å². The molecule has 1 aromatic rings. The van der Waals surface area contributed by atoms with Crippen molar-refractivity contribution in [1.29, 1.82) is 0 Å². The molecule has 0 aromatic carbocycles. The summed E-state index contributed by atoms with van der Waals surface area (Å²) in [6.07, 6.45) is 1.36. The lowest BCUT2D eigenvalue weighted by Crippen LogP contribution is -2.49. The highest BCUT2D eigenvalue weighted by Crippen LogP contribution is 2.12. The van der Waals surface area contributed by atoms with Crippen LogP contribution in [-0.2, 0) is 14.8 Å². The molecule has 2 rings (SSSR count). The molecule has 1 aromatic heterocycles. The van der Waals surface area contributed by atoms with E-state index in [0.29, 0.717) is 6.54 Å². The summed E-state index contributed by atoms with van der Waals surface area (Å²) in [5.74, 6) is -0.288. The largest absolute Gasteiger partial charge is 0.354 e. The number of carbonyl (C=O) groups excluding carboxylic acids is 1. The topological polar surface area (TPSA) is 95.2 Å². The molecule has 1 amide bonds. The third-order valence-corrected chi connectivity index (χ3v) is 3.87. The molecule has 1 aliphatic rings. The van der Waals surface area contributed by atoms with Crippen LogP contribution in [0.15, 0.2) is 17.3 Å². The summed E-state index contributed by atoms with van der Waals surface area (Å²) in [6, 6.07) is 1.36. The average Bonchev–Trinajstić information content (AvgIpc) is 2.71. The summed E-state index contributed by atoms with van der Waals surface area (Å²) in [5.41, 5.74) is 0. The van der Waals surface area contributed by atoms with Crippen molar-refractivity contribution in [2.24, 2.45) is 0 Å². The van der Waals surface area contributed by atoms with Crippen molar-refractivity contribution in [3.05, 3.63) is 12.3 Å². The van der Waals surface area contributed by atoms with Crippen LogP contribution in [0.4, 0.5) is 0 Å². The second-order valence-corrected chi connectivity index (χ2v) is 5.02. The number of nitrogens with zero attached hydrogens (tertiary/aromatic N) is 2. The first-order valence-electron chi connectivity index (χ1n) is 4.37. The Labute approximate surface area is 86.5 Å². The molecule has 1 aliphatic heterocycles. The summed E-state index contributed by atoms with van der Waals surface area (Å²) in [7, 11) is -3.60. The highest BCUT2D eigenvalue weighted by atomic mass is 32.2. The summed E-state index contributed by atoms with van der Waals surface area (Å²) < 4.78 is 24.9. The van der Waals surface area contributed by atoms with Crippen molar-refractivity contribution >= 4 is 15.9 Å². The van der Waals surface area contributed by atoms with Gasteiger partial charge in [-0.25, -0.2) is 8.42 Å². The van der Waals surface area contributed by atoms with E-state index in [0.717, 1.165) is 4.31 Å². The smallest absolute Gasteiger partial charge is 0.260 e. The molecule has 7 nitrogen and oxygen atoms in total. The van der Waals surface area contributed by atoms with Gasteiger partial charge in [0.1, 0.15) is 0 Å². The Morgan fingerprint density at radius 1 is 1.47 bits per heavy atom. The van der Waals surface area contributed by atoms with Crippen molar-refractivity contribution in [3.8, 4) is 0 Å². The van der Waals surface area contributed by atoms with E-state index < -0.39 is 10.0 Å². The van der Waals surface area contributed by atoms with E-state index in [9.17, 15) is 13.2 Å². The minimum atomic E-state index is -3.60. The highest BCUT2D eigenvalue weighted by Gasteiger charge is 2.29. The fraction of sp³-hybridized carbons (Fsp3) is 0.429. The van der Waals surface area contributed by atoms with Gasteiger partial charge in [0.2, 0.25) is 5.91 Å². The Balaban J connectivity index is 2.26. The molecule has 2 heterocycles. The van der Waals surface area contributed by atoms with Crippen LogP contribution in [0, 0.1) is 0 Å². The lowest BCUT2D eigenvalue weighted by molar-refractivity contribution is -0.122. The Kier molecular flexibility index (Phi) is 2.45. The van der Waals surface area contributed by atoms with Gasteiger partial charge in [-0.1, -0.05) is 0 Å². The molecule has 15 heavy (non-hydrogen) atoms. The minimum Gasteiger partial charge on any atom is -0.354 e. The minimum absolute atomic E-state index is 0.0113. The molecular weight excluding hydrogens is 220 g/mol. The molecule has 1 saturated heterocycles. The molecule has 8 heteroatoms. The number of hydrogen-bond acceptors (Lipinski definition) is 4. The quantitative estimate of drug-likeness (QED) is 0.648. The van der Waals surface area contributed by atoms with Gasteiger partial charge < -0.3 is 5.32 Å². The SMILES string of the molecule is O=C1CN(S(=O)(=O)c2ccn[nH]2)CCN1. The molecule has 82 valence electrons. The second kappa shape index (κ2) is 3.63. The van der Waals surface area contributed by atoms with Crippen LogP contribution in [0.3, 0.4) is 0 Å². The van der Waals surface area contributed by atoms with Crippen molar-refractivity contribution in [2.45, 2.75) is 5.03 Å². The molecule has 0 bridgehead atoms. The monoisotopic (exact) mass is 230 g/mol. The summed E-state index contributed by atoms with van der Waals surface area (Å²) >= 11 is 0. The fourth-order valence-electron chi connectivity index (χ4n) is 1.35. The van der Waals surface area contributed by atoms with Crippen molar-refractivity contribution in [2.75, 3.05) is 19.6 Å². The zero-order valence-electron chi connectivity index (χ0n) is 7.80. The lowest BCUT2D eigenvalue weighted by Gasteiger charge is -2.24. The van der Waals surface area contributed by atoms with Crippen LogP contribution in [0.25, 0.3) is 0 Å². The van der Waals surface area contributed by atoms with Crippen molar-refractivity contribution < 1.29 is 13.2 Å². The highest BCUT2D eigenvalue weighted by molar-refractivity contribution is 7.89. The van der Waals surface area contributed by atoms with E-state index in [1.807, 2.05) is 0 Å². The van der Waals surface area contributed by atoms with Crippen LogP contribution in [0.5, 0.6) is 0 Å². The number of sulfonamides is 1. The molecule has 0 unspecified atom stereocenters. The van der Waals surface area contributed by atoms with Gasteiger partial charge in [-0.3, -0.25) is 9.89 Å². The Bertz CT molecular complexity index is 453. The van der Waals surface area contributed by atoms with Gasteiger partial charge in [-0.05, 0) is 6.07 Å². The van der Waals surface area contributed by atoms with Gasteiger partial charge in [0, 0.05) is 13.1 Å². The van der Waals surface area contributed by atoms with E-state index in [1.165, 1.54) is 12.3 Å². The fourth-order valence-corrected chi connectivity index (χ4v) is 2.64. The molecule has 0 radical (unpaired) electrons. The first-order valence-corrected chi connectivity index (χ1v) is 5.81. The molecule has 1 fully saturated rings. The van der Waals surface area contributed by atoms with Gasteiger partial charge in [0.05, 0.1) is 12.7 Å². The first kappa shape index (κ1) is 10.1. The summed E-state index contributed by atoms with van der Waals surface area (Å²) in [4.78, 5) is 11.0. The number of hydrogen-bond donors (Lipinski definition) is 2. The number of carbonyl (C=O) groups is 1. The Hall–Kier alpha value is -1.41. The maximum absolute atomic E-state index is 11.9. The maximum Gasteiger partial charge on any atom is 0.260 e. The first-order chi connectivity index (χ1) is 7.10. The third kappa shape index (κ3) is 1.85. The molecular formula is C7H10N4O3S. The van der Waals surface area contributed by atoms with E-state index in [4.69, 9.17) is 0 Å². The van der Waals surface area contributed by atoms with E-state index in [2.05, 4.69) is 15.5 Å². The van der Waals surface area contributed by atoms with Crippen LogP contribution in [0.1, 0.15) is 0 Å². The zero-order valence-corrected chi connectivity index (χ0v) is 8.62. The molecule has 2 N–H and O–H groups in total.